The van der Waals surface area contributed by atoms with Crippen LogP contribution in [0.2, 0.25) is 0 Å². The third kappa shape index (κ3) is 3.77. The van der Waals surface area contributed by atoms with Gasteiger partial charge in [-0.2, -0.15) is 0 Å². The molecule has 0 aliphatic heterocycles. The number of rotatable bonds is 4. The lowest BCUT2D eigenvalue weighted by atomic mass is 9.84. The molecule has 126 valence electrons. The predicted octanol–water partition coefficient (Wildman–Crippen LogP) is 3.98. The van der Waals surface area contributed by atoms with Crippen LogP contribution in [0.1, 0.15) is 43.6 Å². The molecule has 0 atom stereocenters. The molecule has 0 aromatic heterocycles. The second kappa shape index (κ2) is 7.84. The fourth-order valence-electron chi connectivity index (χ4n) is 4.26. The second-order valence-electron chi connectivity index (χ2n) is 7.26. The van der Waals surface area contributed by atoms with Crippen LogP contribution in [-0.4, -0.2) is 8.80 Å². The van der Waals surface area contributed by atoms with Gasteiger partial charge in [0.2, 0.25) is 0 Å². The molecule has 0 radical (unpaired) electrons. The van der Waals surface area contributed by atoms with E-state index in [4.69, 9.17) is 0 Å². The summed E-state index contributed by atoms with van der Waals surface area (Å²) in [5.74, 6) is 0.788. The van der Waals surface area contributed by atoms with E-state index >= 15 is 0 Å². The van der Waals surface area contributed by atoms with Gasteiger partial charge in [0, 0.05) is 0 Å². The summed E-state index contributed by atoms with van der Waals surface area (Å²) >= 11 is 0. The van der Waals surface area contributed by atoms with Crippen molar-refractivity contribution in [2.45, 2.75) is 38.0 Å². The molecule has 1 aliphatic rings. The standard InChI is InChI=1S/C24H26Si/c1-4-10-20(11-5-1)21-16-18-24(19-17-21)25(22-12-6-2-7-13-22)23-14-8-3-9-15-23/h2-3,6-9,12-20,25H,1,4-5,10-11H2. The molecular weight excluding hydrogens is 316 g/mol. The third-order valence-corrected chi connectivity index (χ3v) is 8.77. The molecule has 3 aromatic rings. The van der Waals surface area contributed by atoms with Gasteiger partial charge in [-0.25, -0.2) is 0 Å². The van der Waals surface area contributed by atoms with E-state index in [2.05, 4.69) is 84.9 Å². The summed E-state index contributed by atoms with van der Waals surface area (Å²) in [6, 6.07) is 31.8. The summed E-state index contributed by atoms with van der Waals surface area (Å²) < 4.78 is 0. The van der Waals surface area contributed by atoms with Crippen molar-refractivity contribution in [1.29, 1.82) is 0 Å². The number of hydrogen-bond acceptors (Lipinski definition) is 0. The maximum Gasteiger partial charge on any atom is 0.132 e. The fourth-order valence-corrected chi connectivity index (χ4v) is 7.21. The lowest BCUT2D eigenvalue weighted by Crippen LogP contribution is -2.51. The summed E-state index contributed by atoms with van der Waals surface area (Å²) in [5, 5.41) is 4.52. The lowest BCUT2D eigenvalue weighted by Gasteiger charge is -2.23. The SMILES string of the molecule is c1ccc([SiH](c2ccccc2)c2ccc(C3CCCCC3)cc2)cc1. The first-order chi connectivity index (χ1) is 12.4. The van der Waals surface area contributed by atoms with E-state index in [1.165, 1.54) is 47.7 Å². The molecule has 0 unspecified atom stereocenters. The van der Waals surface area contributed by atoms with Crippen LogP contribution in [0.3, 0.4) is 0 Å². The second-order valence-corrected chi connectivity index (χ2v) is 10.1. The highest BCUT2D eigenvalue weighted by molar-refractivity contribution is 6.95. The van der Waals surface area contributed by atoms with Crippen LogP contribution < -0.4 is 15.6 Å². The Morgan fingerprint density at radius 3 is 1.52 bits per heavy atom. The molecule has 1 aliphatic carbocycles. The van der Waals surface area contributed by atoms with Crippen LogP contribution in [0.25, 0.3) is 0 Å². The van der Waals surface area contributed by atoms with Gasteiger partial charge >= 0.3 is 0 Å². The van der Waals surface area contributed by atoms with Gasteiger partial charge in [0.25, 0.3) is 0 Å². The van der Waals surface area contributed by atoms with Crippen LogP contribution in [0, 0.1) is 0 Å². The molecule has 0 bridgehead atoms. The van der Waals surface area contributed by atoms with E-state index in [1.54, 1.807) is 5.56 Å². The average Bonchev–Trinajstić information content (AvgIpc) is 2.71. The minimum Gasteiger partial charge on any atom is -0.0625 e. The van der Waals surface area contributed by atoms with Gasteiger partial charge in [0.1, 0.15) is 8.80 Å². The fraction of sp³-hybridized carbons (Fsp3) is 0.250. The zero-order valence-electron chi connectivity index (χ0n) is 14.8. The minimum atomic E-state index is -1.37. The predicted molar refractivity (Wildman–Crippen MR) is 111 cm³/mol. The van der Waals surface area contributed by atoms with E-state index < -0.39 is 8.80 Å². The Morgan fingerprint density at radius 1 is 0.520 bits per heavy atom. The van der Waals surface area contributed by atoms with Crippen molar-refractivity contribution in [3.05, 3.63) is 90.5 Å². The molecule has 4 rings (SSSR count). The van der Waals surface area contributed by atoms with E-state index in [1.807, 2.05) is 0 Å². The summed E-state index contributed by atoms with van der Waals surface area (Å²) in [5.41, 5.74) is 1.55. The first-order valence-corrected chi connectivity index (χ1v) is 11.3. The molecule has 1 fully saturated rings. The van der Waals surface area contributed by atoms with Gasteiger partial charge in [0.15, 0.2) is 0 Å². The molecule has 3 aromatic carbocycles. The lowest BCUT2D eigenvalue weighted by molar-refractivity contribution is 0.443. The molecule has 0 heterocycles. The van der Waals surface area contributed by atoms with Gasteiger partial charge in [-0.05, 0) is 24.3 Å². The van der Waals surface area contributed by atoms with Crippen LogP contribution >= 0.6 is 0 Å². The van der Waals surface area contributed by atoms with Crippen LogP contribution in [0.15, 0.2) is 84.9 Å². The Labute approximate surface area is 153 Å². The first kappa shape index (κ1) is 16.4. The molecule has 25 heavy (non-hydrogen) atoms. The normalized spacial score (nSPS) is 15.4. The van der Waals surface area contributed by atoms with Gasteiger partial charge in [0.05, 0.1) is 0 Å². The topological polar surface area (TPSA) is 0 Å². The maximum absolute atomic E-state index is 2.42. The monoisotopic (exact) mass is 342 g/mol. The average molecular weight is 343 g/mol. The Bertz CT molecular complexity index is 732. The van der Waals surface area contributed by atoms with Crippen LogP contribution in [0.5, 0.6) is 0 Å². The van der Waals surface area contributed by atoms with E-state index in [0.29, 0.717) is 0 Å². The van der Waals surface area contributed by atoms with Crippen molar-refractivity contribution >= 4 is 24.4 Å². The quantitative estimate of drug-likeness (QED) is 0.497. The van der Waals surface area contributed by atoms with Crippen LogP contribution in [-0.2, 0) is 0 Å². The van der Waals surface area contributed by atoms with Gasteiger partial charge in [-0.3, -0.25) is 0 Å². The number of benzene rings is 3. The van der Waals surface area contributed by atoms with E-state index in [9.17, 15) is 0 Å². The van der Waals surface area contributed by atoms with E-state index in [0.717, 1.165) is 5.92 Å². The smallest absolute Gasteiger partial charge is 0.0625 e. The molecule has 0 amide bonds. The summed E-state index contributed by atoms with van der Waals surface area (Å²) in [4.78, 5) is 0. The molecule has 0 nitrogen and oxygen atoms in total. The third-order valence-electron chi connectivity index (χ3n) is 5.61. The van der Waals surface area contributed by atoms with Gasteiger partial charge in [-0.1, -0.05) is 120 Å². The van der Waals surface area contributed by atoms with Gasteiger partial charge < -0.3 is 0 Å². The van der Waals surface area contributed by atoms with Crippen molar-refractivity contribution in [3.8, 4) is 0 Å². The van der Waals surface area contributed by atoms with Crippen molar-refractivity contribution in [1.82, 2.24) is 0 Å². The Morgan fingerprint density at radius 2 is 1.00 bits per heavy atom. The largest absolute Gasteiger partial charge is 0.132 e. The highest BCUT2D eigenvalue weighted by Crippen LogP contribution is 2.32. The van der Waals surface area contributed by atoms with Gasteiger partial charge in [-0.15, -0.1) is 0 Å². The minimum absolute atomic E-state index is 0.788. The molecule has 1 heteroatoms. The van der Waals surface area contributed by atoms with Crippen molar-refractivity contribution in [2.75, 3.05) is 0 Å². The number of hydrogen-bond donors (Lipinski definition) is 0. The first-order valence-electron chi connectivity index (χ1n) is 9.61. The summed E-state index contributed by atoms with van der Waals surface area (Å²) in [6.07, 6.45) is 6.97. The maximum atomic E-state index is 2.42. The Balaban J connectivity index is 1.68. The highest BCUT2D eigenvalue weighted by atomic mass is 28.3. The summed E-state index contributed by atoms with van der Waals surface area (Å²) in [6.45, 7) is 0. The molecule has 0 N–H and O–H groups in total. The zero-order valence-corrected chi connectivity index (χ0v) is 15.9. The van der Waals surface area contributed by atoms with Crippen LogP contribution in [0.4, 0.5) is 0 Å². The highest BCUT2D eigenvalue weighted by Gasteiger charge is 2.20. The van der Waals surface area contributed by atoms with E-state index in [-0.39, 0.29) is 0 Å². The van der Waals surface area contributed by atoms with Crippen molar-refractivity contribution in [2.24, 2.45) is 0 Å². The van der Waals surface area contributed by atoms with Crippen molar-refractivity contribution < 1.29 is 0 Å². The Kier molecular flexibility index (Phi) is 5.13. The van der Waals surface area contributed by atoms with Crippen molar-refractivity contribution in [3.63, 3.8) is 0 Å². The molecular formula is C24H26Si. The molecule has 0 saturated heterocycles. The molecule has 0 spiro atoms. The zero-order chi connectivity index (χ0) is 16.9. The summed E-state index contributed by atoms with van der Waals surface area (Å²) in [7, 11) is -1.37. The molecule has 1 saturated carbocycles. The Hall–Kier alpha value is -2.12.